The molecule has 1 aromatic carbocycles. The van der Waals surface area contributed by atoms with Gasteiger partial charge in [-0.15, -0.1) is 0 Å². The Morgan fingerprint density at radius 1 is 1.19 bits per heavy atom. The standard InChI is InChI=1S/C20H20ClN3O.C4H10N2/c1-24-12-22-11-19(24)20(25-2)17-8-14-4-3-7-23-18(14)9-13-5-6-15(21)10-16(13)17;1-2-6-4-3-5-1/h3-8,10-12,18,20,23H,9H2,1-2H3;5-6H,1-4H2. The van der Waals surface area contributed by atoms with Gasteiger partial charge in [-0.1, -0.05) is 29.8 Å². The third kappa shape index (κ3) is 5.10. The molecule has 0 bridgehead atoms. The molecule has 0 saturated carbocycles. The summed E-state index contributed by atoms with van der Waals surface area (Å²) in [5.41, 5.74) is 5.76. The van der Waals surface area contributed by atoms with E-state index in [2.05, 4.69) is 39.2 Å². The molecule has 1 aromatic heterocycles. The lowest BCUT2D eigenvalue weighted by Crippen LogP contribution is -2.39. The average Bonchev–Trinajstić information content (AvgIpc) is 3.15. The third-order valence-electron chi connectivity index (χ3n) is 5.81. The van der Waals surface area contributed by atoms with Crippen LogP contribution in [0.3, 0.4) is 0 Å². The van der Waals surface area contributed by atoms with E-state index in [1.807, 2.05) is 42.2 Å². The minimum absolute atomic E-state index is 0.213. The van der Waals surface area contributed by atoms with E-state index in [4.69, 9.17) is 16.3 Å². The van der Waals surface area contributed by atoms with Gasteiger partial charge in [-0.2, -0.15) is 0 Å². The quantitative estimate of drug-likeness (QED) is 0.686. The van der Waals surface area contributed by atoms with Crippen LogP contribution < -0.4 is 16.0 Å². The number of aryl methyl sites for hydroxylation is 1. The van der Waals surface area contributed by atoms with Gasteiger partial charge < -0.3 is 25.3 Å². The third-order valence-corrected chi connectivity index (χ3v) is 6.05. The second-order valence-corrected chi connectivity index (χ2v) is 8.33. The molecule has 3 aliphatic rings. The van der Waals surface area contributed by atoms with Crippen molar-refractivity contribution in [2.75, 3.05) is 33.3 Å². The number of ether oxygens (including phenoxy) is 1. The van der Waals surface area contributed by atoms with Gasteiger partial charge in [0.1, 0.15) is 6.10 Å². The molecule has 0 spiro atoms. The molecule has 0 amide bonds. The number of piperazine rings is 1. The molecule has 0 radical (unpaired) electrons. The molecule has 2 atom stereocenters. The van der Waals surface area contributed by atoms with Gasteiger partial charge in [0, 0.05) is 45.4 Å². The van der Waals surface area contributed by atoms with Crippen molar-refractivity contribution in [2.24, 2.45) is 7.05 Å². The Morgan fingerprint density at radius 3 is 2.61 bits per heavy atom. The van der Waals surface area contributed by atoms with Gasteiger partial charge in [-0.05, 0) is 53.1 Å². The van der Waals surface area contributed by atoms with Crippen molar-refractivity contribution in [1.29, 1.82) is 0 Å². The lowest BCUT2D eigenvalue weighted by atomic mass is 9.94. The van der Waals surface area contributed by atoms with E-state index in [0.29, 0.717) is 0 Å². The van der Waals surface area contributed by atoms with Gasteiger partial charge in [0.25, 0.3) is 0 Å². The Bertz CT molecular complexity index is 978. The Hall–Kier alpha value is -2.38. The zero-order valence-electron chi connectivity index (χ0n) is 18.1. The first-order chi connectivity index (χ1) is 15.2. The van der Waals surface area contributed by atoms with E-state index in [-0.39, 0.29) is 12.1 Å². The fourth-order valence-electron chi connectivity index (χ4n) is 4.19. The topological polar surface area (TPSA) is 63.1 Å². The molecule has 6 nitrogen and oxygen atoms in total. The average molecular weight is 440 g/mol. The lowest BCUT2D eigenvalue weighted by Gasteiger charge is -2.21. The number of nitrogens with zero attached hydrogens (tertiary/aromatic N) is 2. The first kappa shape index (κ1) is 21.8. The molecule has 2 unspecified atom stereocenters. The van der Waals surface area contributed by atoms with Gasteiger partial charge in [0.2, 0.25) is 0 Å². The smallest absolute Gasteiger partial charge is 0.124 e. The zero-order chi connectivity index (χ0) is 21.6. The largest absolute Gasteiger partial charge is 0.384 e. The number of nitrogens with one attached hydrogen (secondary N) is 3. The monoisotopic (exact) mass is 439 g/mol. The summed E-state index contributed by atoms with van der Waals surface area (Å²) in [5.74, 6) is 0. The number of aromatic nitrogens is 2. The molecule has 3 heterocycles. The number of hydrogen-bond donors (Lipinski definition) is 3. The summed E-state index contributed by atoms with van der Waals surface area (Å²) in [4.78, 5) is 4.26. The molecule has 5 rings (SSSR count). The van der Waals surface area contributed by atoms with E-state index in [0.717, 1.165) is 54.5 Å². The van der Waals surface area contributed by atoms with Crippen molar-refractivity contribution in [3.8, 4) is 0 Å². The minimum Gasteiger partial charge on any atom is -0.384 e. The fraction of sp³-hybridized carbons (Fsp3) is 0.375. The maximum atomic E-state index is 6.32. The van der Waals surface area contributed by atoms with Crippen LogP contribution in [0.1, 0.15) is 22.9 Å². The van der Waals surface area contributed by atoms with Crippen molar-refractivity contribution in [3.63, 3.8) is 0 Å². The normalized spacial score (nSPS) is 20.7. The Kier molecular flexibility index (Phi) is 7.25. The van der Waals surface area contributed by atoms with Crippen LogP contribution in [0.2, 0.25) is 5.02 Å². The summed E-state index contributed by atoms with van der Waals surface area (Å²) >= 11 is 6.32. The highest BCUT2D eigenvalue weighted by Gasteiger charge is 2.28. The van der Waals surface area contributed by atoms with Crippen LogP contribution in [0.5, 0.6) is 0 Å². The van der Waals surface area contributed by atoms with Crippen LogP contribution in [0.25, 0.3) is 5.57 Å². The van der Waals surface area contributed by atoms with Gasteiger partial charge in [0.05, 0.1) is 24.3 Å². The number of halogens is 1. The number of fused-ring (bicyclic) bond motifs is 2. The molecule has 1 fully saturated rings. The Morgan fingerprint density at radius 2 is 1.97 bits per heavy atom. The van der Waals surface area contributed by atoms with Crippen LogP contribution in [-0.2, 0) is 18.2 Å². The number of hydrogen-bond acceptors (Lipinski definition) is 5. The summed E-state index contributed by atoms with van der Waals surface area (Å²) < 4.78 is 7.90. The number of methoxy groups -OCH3 is 1. The SMILES string of the molecule is C1CNCCN1.COC(C1=CC2=CC=CNC2Cc2ccc(Cl)cc21)c1cncn1C. The zero-order valence-corrected chi connectivity index (χ0v) is 18.8. The first-order valence-corrected chi connectivity index (χ1v) is 11.1. The second-order valence-electron chi connectivity index (χ2n) is 7.90. The predicted molar refractivity (Wildman–Crippen MR) is 126 cm³/mol. The second kappa shape index (κ2) is 10.3. The van der Waals surface area contributed by atoms with Crippen molar-refractivity contribution in [1.82, 2.24) is 25.5 Å². The van der Waals surface area contributed by atoms with Gasteiger partial charge in [0.15, 0.2) is 0 Å². The maximum absolute atomic E-state index is 6.32. The van der Waals surface area contributed by atoms with E-state index >= 15 is 0 Å². The van der Waals surface area contributed by atoms with Crippen LogP contribution in [0, 0.1) is 0 Å². The summed E-state index contributed by atoms with van der Waals surface area (Å²) in [7, 11) is 3.72. The van der Waals surface area contributed by atoms with Crippen LogP contribution in [0.15, 0.2) is 60.7 Å². The maximum Gasteiger partial charge on any atom is 0.124 e. The molecule has 164 valence electrons. The molecule has 1 saturated heterocycles. The molecule has 3 N–H and O–H groups in total. The van der Waals surface area contributed by atoms with Crippen molar-refractivity contribution in [2.45, 2.75) is 18.6 Å². The highest BCUT2D eigenvalue weighted by atomic mass is 35.5. The van der Waals surface area contributed by atoms with E-state index in [1.165, 1.54) is 11.1 Å². The summed E-state index contributed by atoms with van der Waals surface area (Å²) in [6.07, 6.45) is 12.8. The van der Waals surface area contributed by atoms with Crippen molar-refractivity contribution in [3.05, 3.63) is 82.6 Å². The number of rotatable bonds is 3. The Labute approximate surface area is 189 Å². The van der Waals surface area contributed by atoms with Crippen LogP contribution >= 0.6 is 11.6 Å². The fourth-order valence-corrected chi connectivity index (χ4v) is 4.36. The molecule has 2 aliphatic heterocycles. The predicted octanol–water partition coefficient (Wildman–Crippen LogP) is 2.99. The number of dihydropyridines is 1. The Balaban J connectivity index is 0.000000334. The van der Waals surface area contributed by atoms with Gasteiger partial charge >= 0.3 is 0 Å². The summed E-state index contributed by atoms with van der Waals surface area (Å²) in [6, 6.07) is 6.37. The minimum atomic E-state index is -0.213. The summed E-state index contributed by atoms with van der Waals surface area (Å²) in [5, 5.41) is 10.6. The number of benzene rings is 1. The molecule has 2 aromatic rings. The number of allylic oxidation sites excluding steroid dienone is 2. The van der Waals surface area contributed by atoms with Gasteiger partial charge in [-0.3, -0.25) is 0 Å². The van der Waals surface area contributed by atoms with E-state index in [9.17, 15) is 0 Å². The molecule has 31 heavy (non-hydrogen) atoms. The van der Waals surface area contributed by atoms with Crippen LogP contribution in [0.4, 0.5) is 0 Å². The number of imidazole rings is 1. The molecule has 1 aliphatic carbocycles. The van der Waals surface area contributed by atoms with Crippen molar-refractivity contribution >= 4 is 17.2 Å². The van der Waals surface area contributed by atoms with Crippen LogP contribution in [-0.4, -0.2) is 48.9 Å². The van der Waals surface area contributed by atoms with Gasteiger partial charge in [-0.25, -0.2) is 4.98 Å². The summed E-state index contributed by atoms with van der Waals surface area (Å²) in [6.45, 7) is 4.56. The van der Waals surface area contributed by atoms with E-state index in [1.54, 1.807) is 13.4 Å². The van der Waals surface area contributed by atoms with Crippen molar-refractivity contribution < 1.29 is 4.74 Å². The molecular weight excluding hydrogens is 410 g/mol. The highest BCUT2D eigenvalue weighted by molar-refractivity contribution is 6.30. The van der Waals surface area contributed by atoms with E-state index < -0.39 is 0 Å². The lowest BCUT2D eigenvalue weighted by molar-refractivity contribution is 0.144. The first-order valence-electron chi connectivity index (χ1n) is 10.7. The highest BCUT2D eigenvalue weighted by Crippen LogP contribution is 2.39. The molecule has 7 heteroatoms. The molecular formula is C24H30ClN5O.